The first-order valence-corrected chi connectivity index (χ1v) is 10.3. The number of nitrogens with one attached hydrogen (secondary N) is 3. The molecule has 1 saturated heterocycles. The van der Waals surface area contributed by atoms with Crippen LogP contribution in [0.1, 0.15) is 48.1 Å². The van der Waals surface area contributed by atoms with E-state index in [1.165, 1.54) is 6.33 Å². The molecule has 2 amide bonds. The zero-order chi connectivity index (χ0) is 22.9. The molecule has 31 heavy (non-hydrogen) atoms. The molecule has 0 aliphatic carbocycles. The molecule has 10 heteroatoms. The molecule has 3 rings (SSSR count). The smallest absolute Gasteiger partial charge is 0.317 e. The summed E-state index contributed by atoms with van der Waals surface area (Å²) >= 11 is 6.60. The highest BCUT2D eigenvalue weighted by Gasteiger charge is 2.36. The first kappa shape index (κ1) is 22.6. The largest absolute Gasteiger partial charge is 0.496 e. The molecule has 166 valence electrons. The fraction of sp³-hybridized carbons (Fsp3) is 0.429. The van der Waals surface area contributed by atoms with Gasteiger partial charge in [-0.1, -0.05) is 11.6 Å². The number of benzene rings is 1. The van der Waals surface area contributed by atoms with Crippen molar-refractivity contribution >= 4 is 35.0 Å². The zero-order valence-corrected chi connectivity index (χ0v) is 19.1. The lowest BCUT2D eigenvalue weighted by atomic mass is 9.85. The number of likely N-dealkylation sites (tertiary alicyclic amines) is 1. The van der Waals surface area contributed by atoms with E-state index in [0.29, 0.717) is 29.5 Å². The van der Waals surface area contributed by atoms with Crippen LogP contribution in [0.25, 0.3) is 0 Å². The number of nitrogen functional groups attached to an aromatic ring is 1. The van der Waals surface area contributed by atoms with Crippen molar-refractivity contribution in [2.45, 2.75) is 32.7 Å². The number of halogens is 1. The molecule has 2 aromatic rings. The quantitative estimate of drug-likeness (QED) is 0.504. The molecule has 0 bridgehead atoms. The predicted octanol–water partition coefficient (Wildman–Crippen LogP) is 3.33. The molecule has 5 N–H and O–H groups in total. The summed E-state index contributed by atoms with van der Waals surface area (Å²) < 4.78 is 5.83. The van der Waals surface area contributed by atoms with E-state index < -0.39 is 0 Å². The van der Waals surface area contributed by atoms with Gasteiger partial charge >= 0.3 is 6.03 Å². The van der Waals surface area contributed by atoms with Crippen LogP contribution >= 0.6 is 11.6 Å². The molecule has 1 aliphatic heterocycles. The molecule has 1 aromatic heterocycles. The number of rotatable bonds is 6. The Morgan fingerprint density at radius 2 is 2.10 bits per heavy atom. The summed E-state index contributed by atoms with van der Waals surface area (Å²) in [4.78, 5) is 21.9. The molecule has 0 spiro atoms. The molecular weight excluding hydrogens is 418 g/mol. The number of urea groups is 1. The first-order valence-electron chi connectivity index (χ1n) is 9.95. The van der Waals surface area contributed by atoms with Crippen molar-refractivity contribution in [3.05, 3.63) is 39.7 Å². The second-order valence-corrected chi connectivity index (χ2v) is 8.06. The SMILES string of the molecule is CNC(=O)N1CC(c2c(C)c(Cl)cc(C(C)Nc3ncnc(N)c3C(C)=N)c2OC)C1. The Hall–Kier alpha value is -3.07. The Kier molecular flexibility index (Phi) is 6.54. The molecule has 1 atom stereocenters. The monoisotopic (exact) mass is 445 g/mol. The number of ether oxygens (including phenoxy) is 1. The maximum absolute atomic E-state index is 11.9. The van der Waals surface area contributed by atoms with Gasteiger partial charge in [0.1, 0.15) is 23.7 Å². The van der Waals surface area contributed by atoms with Gasteiger partial charge in [0.25, 0.3) is 0 Å². The van der Waals surface area contributed by atoms with Crippen LogP contribution in [0.5, 0.6) is 5.75 Å². The number of aromatic nitrogens is 2. The van der Waals surface area contributed by atoms with Crippen LogP contribution < -0.4 is 21.1 Å². The van der Waals surface area contributed by atoms with Crippen LogP contribution in [0.2, 0.25) is 5.02 Å². The van der Waals surface area contributed by atoms with Crippen molar-refractivity contribution in [1.29, 1.82) is 5.41 Å². The average molecular weight is 446 g/mol. The fourth-order valence-corrected chi connectivity index (χ4v) is 4.17. The normalized spacial score (nSPS) is 14.6. The van der Waals surface area contributed by atoms with Gasteiger partial charge in [-0.05, 0) is 32.4 Å². The van der Waals surface area contributed by atoms with Crippen molar-refractivity contribution < 1.29 is 9.53 Å². The minimum atomic E-state index is -0.241. The third kappa shape index (κ3) is 4.23. The van der Waals surface area contributed by atoms with E-state index >= 15 is 0 Å². The molecule has 1 unspecified atom stereocenters. The fourth-order valence-electron chi connectivity index (χ4n) is 3.95. The van der Waals surface area contributed by atoms with Crippen LogP contribution in [0.15, 0.2) is 12.4 Å². The van der Waals surface area contributed by atoms with Crippen molar-refractivity contribution in [1.82, 2.24) is 20.2 Å². The number of hydrogen-bond acceptors (Lipinski definition) is 7. The minimum Gasteiger partial charge on any atom is -0.496 e. The maximum atomic E-state index is 11.9. The Bertz CT molecular complexity index is 1020. The van der Waals surface area contributed by atoms with E-state index in [9.17, 15) is 4.79 Å². The van der Waals surface area contributed by atoms with E-state index in [4.69, 9.17) is 27.5 Å². The van der Waals surface area contributed by atoms with Gasteiger partial charge in [0.2, 0.25) is 0 Å². The second-order valence-electron chi connectivity index (χ2n) is 7.65. The summed E-state index contributed by atoms with van der Waals surface area (Å²) in [5, 5.41) is 14.6. The number of amides is 2. The molecule has 1 aliphatic rings. The zero-order valence-electron chi connectivity index (χ0n) is 18.3. The van der Waals surface area contributed by atoms with Crippen molar-refractivity contribution in [3.63, 3.8) is 0 Å². The van der Waals surface area contributed by atoms with Gasteiger partial charge in [-0.2, -0.15) is 0 Å². The number of carbonyl (C=O) groups is 1. The van der Waals surface area contributed by atoms with Gasteiger partial charge in [0.15, 0.2) is 0 Å². The number of nitrogens with two attached hydrogens (primary N) is 1. The van der Waals surface area contributed by atoms with E-state index in [2.05, 4.69) is 20.6 Å². The van der Waals surface area contributed by atoms with Gasteiger partial charge in [-0.15, -0.1) is 0 Å². The lowest BCUT2D eigenvalue weighted by molar-refractivity contribution is 0.152. The highest BCUT2D eigenvalue weighted by Crippen LogP contribution is 2.43. The Morgan fingerprint density at radius 1 is 1.42 bits per heavy atom. The van der Waals surface area contributed by atoms with Crippen LogP contribution in [0.4, 0.5) is 16.4 Å². The number of carbonyl (C=O) groups excluding carboxylic acids is 1. The van der Waals surface area contributed by atoms with Crippen LogP contribution in [0.3, 0.4) is 0 Å². The lowest BCUT2D eigenvalue weighted by Crippen LogP contribution is -2.52. The Morgan fingerprint density at radius 3 is 2.68 bits per heavy atom. The number of nitrogens with zero attached hydrogens (tertiary/aromatic N) is 3. The van der Waals surface area contributed by atoms with E-state index in [0.717, 1.165) is 22.4 Å². The van der Waals surface area contributed by atoms with Gasteiger partial charge < -0.3 is 31.4 Å². The topological polar surface area (TPSA) is 129 Å². The van der Waals surface area contributed by atoms with Crippen molar-refractivity contribution in [2.24, 2.45) is 0 Å². The third-order valence-electron chi connectivity index (χ3n) is 5.62. The number of anilines is 2. The van der Waals surface area contributed by atoms with Gasteiger partial charge in [0, 0.05) is 47.9 Å². The molecular formula is C21H28ClN7O2. The highest BCUT2D eigenvalue weighted by molar-refractivity contribution is 6.31. The van der Waals surface area contributed by atoms with Crippen LogP contribution in [-0.2, 0) is 0 Å². The molecule has 0 radical (unpaired) electrons. The van der Waals surface area contributed by atoms with Crippen molar-refractivity contribution in [3.8, 4) is 5.75 Å². The van der Waals surface area contributed by atoms with Gasteiger partial charge in [-0.25, -0.2) is 14.8 Å². The van der Waals surface area contributed by atoms with Gasteiger partial charge in [0.05, 0.1) is 18.7 Å². The highest BCUT2D eigenvalue weighted by atomic mass is 35.5. The second kappa shape index (κ2) is 8.97. The van der Waals surface area contributed by atoms with E-state index in [1.54, 1.807) is 26.0 Å². The maximum Gasteiger partial charge on any atom is 0.317 e. The summed E-state index contributed by atoms with van der Waals surface area (Å²) in [6.07, 6.45) is 1.36. The molecule has 2 heterocycles. The van der Waals surface area contributed by atoms with E-state index in [-0.39, 0.29) is 29.5 Å². The molecule has 1 fully saturated rings. The summed E-state index contributed by atoms with van der Waals surface area (Å²) in [5.74, 6) is 1.59. The number of methoxy groups -OCH3 is 1. The molecule has 1 aromatic carbocycles. The summed E-state index contributed by atoms with van der Waals surface area (Å²) in [7, 11) is 3.25. The Labute approximate surface area is 186 Å². The van der Waals surface area contributed by atoms with Crippen LogP contribution in [-0.4, -0.2) is 53.9 Å². The van der Waals surface area contributed by atoms with Crippen LogP contribution in [0, 0.1) is 12.3 Å². The summed E-state index contributed by atoms with van der Waals surface area (Å²) in [5.41, 5.74) is 9.50. The average Bonchev–Trinajstić information content (AvgIpc) is 2.69. The standard InChI is InChI=1S/C21H28ClN7O2/c1-10-15(22)6-14(12(3)28-20-17(11(2)23)19(24)26-9-27-20)18(31-5)16(10)13-7-29(8-13)21(30)25-4/h6,9,12-13,23H,7-8H2,1-5H3,(H,25,30)(H3,24,26,27,28). The molecule has 0 saturated carbocycles. The summed E-state index contributed by atoms with van der Waals surface area (Å²) in [6, 6.07) is 1.54. The summed E-state index contributed by atoms with van der Waals surface area (Å²) in [6.45, 7) is 6.76. The molecule has 9 nitrogen and oxygen atoms in total. The predicted molar refractivity (Wildman–Crippen MR) is 122 cm³/mol. The Balaban J connectivity index is 1.97. The van der Waals surface area contributed by atoms with Crippen molar-refractivity contribution in [2.75, 3.05) is 38.3 Å². The minimum absolute atomic E-state index is 0.0963. The first-order chi connectivity index (χ1) is 14.7. The lowest BCUT2D eigenvalue weighted by Gasteiger charge is -2.40. The van der Waals surface area contributed by atoms with Gasteiger partial charge in [-0.3, -0.25) is 0 Å². The van der Waals surface area contributed by atoms with E-state index in [1.807, 2.05) is 19.9 Å². The number of hydrogen-bond donors (Lipinski definition) is 4. The third-order valence-corrected chi connectivity index (χ3v) is 6.01.